The Bertz CT molecular complexity index is 682. The summed E-state index contributed by atoms with van der Waals surface area (Å²) in [6.07, 6.45) is 5.88. The van der Waals surface area contributed by atoms with Crippen LogP contribution in [0.4, 0.5) is 5.13 Å². The average molecular weight is 377 g/mol. The molecule has 7 nitrogen and oxygen atoms in total. The number of hydrogen-bond acceptors (Lipinski definition) is 6. The lowest BCUT2D eigenvalue weighted by atomic mass is 9.97. The van der Waals surface area contributed by atoms with E-state index in [1.165, 1.54) is 0 Å². The number of likely N-dealkylation sites (N-methyl/N-ethyl adjacent to an activating group) is 1. The summed E-state index contributed by atoms with van der Waals surface area (Å²) < 4.78 is 1.96. The van der Waals surface area contributed by atoms with Crippen LogP contribution in [0.3, 0.4) is 0 Å². The first kappa shape index (κ1) is 18.8. The molecule has 1 aliphatic rings. The number of amides is 1. The molecule has 0 radical (unpaired) electrons. The number of piperidine rings is 1. The van der Waals surface area contributed by atoms with Gasteiger partial charge in [0.2, 0.25) is 16.2 Å². The van der Waals surface area contributed by atoms with Crippen molar-refractivity contribution in [3.05, 3.63) is 24.5 Å². The highest BCUT2D eigenvalue weighted by Gasteiger charge is 2.27. The molecule has 0 unspecified atom stereocenters. The fraction of sp³-hybridized carbons (Fsp3) is 0.611. The number of carbonyl (C=O) groups is 1. The zero-order chi connectivity index (χ0) is 18.4. The first-order valence-electron chi connectivity index (χ1n) is 9.43. The summed E-state index contributed by atoms with van der Waals surface area (Å²) in [5.74, 6) is 0.191. The molecular weight excluding hydrogens is 348 g/mol. The van der Waals surface area contributed by atoms with Gasteiger partial charge in [-0.3, -0.25) is 9.36 Å². The maximum Gasteiger partial charge on any atom is 0.224 e. The van der Waals surface area contributed by atoms with E-state index in [2.05, 4.69) is 39.2 Å². The topological polar surface area (TPSA) is 66.3 Å². The summed E-state index contributed by atoms with van der Waals surface area (Å²) >= 11 is 1.57. The van der Waals surface area contributed by atoms with Crippen molar-refractivity contribution in [1.29, 1.82) is 0 Å². The molecule has 1 atom stereocenters. The Morgan fingerprint density at radius 3 is 2.73 bits per heavy atom. The maximum absolute atomic E-state index is 12.5. The van der Waals surface area contributed by atoms with Gasteiger partial charge in [0, 0.05) is 38.6 Å². The van der Waals surface area contributed by atoms with Gasteiger partial charge in [0.1, 0.15) is 0 Å². The van der Waals surface area contributed by atoms with Crippen molar-refractivity contribution in [3.63, 3.8) is 0 Å². The Morgan fingerprint density at radius 1 is 1.27 bits per heavy atom. The van der Waals surface area contributed by atoms with Crippen molar-refractivity contribution in [3.8, 4) is 5.13 Å². The highest BCUT2D eigenvalue weighted by Crippen LogP contribution is 2.27. The van der Waals surface area contributed by atoms with Crippen LogP contribution in [0, 0.1) is 5.92 Å². The minimum Gasteiger partial charge on any atom is -0.355 e. The highest BCUT2D eigenvalue weighted by atomic mass is 32.1. The van der Waals surface area contributed by atoms with E-state index in [1.807, 2.05) is 29.1 Å². The summed E-state index contributed by atoms with van der Waals surface area (Å²) in [6.45, 7) is 9.61. The smallest absolute Gasteiger partial charge is 0.224 e. The molecule has 1 saturated heterocycles. The molecule has 3 rings (SSSR count). The van der Waals surface area contributed by atoms with Crippen molar-refractivity contribution in [2.75, 3.05) is 44.2 Å². The van der Waals surface area contributed by atoms with E-state index in [0.717, 1.165) is 55.8 Å². The third-order valence-corrected chi connectivity index (χ3v) is 5.91. The number of rotatable bonds is 8. The second-order valence-electron chi connectivity index (χ2n) is 6.56. The second kappa shape index (κ2) is 9.14. The minimum atomic E-state index is 0.0272. The zero-order valence-electron chi connectivity index (χ0n) is 15.6. The number of aromatic nitrogens is 3. The van der Waals surface area contributed by atoms with Gasteiger partial charge in [-0.25, -0.2) is 0 Å². The van der Waals surface area contributed by atoms with Crippen LogP contribution >= 0.6 is 11.3 Å². The number of nitrogens with one attached hydrogen (secondary N) is 1. The lowest BCUT2D eigenvalue weighted by molar-refractivity contribution is -0.125. The molecule has 0 aromatic carbocycles. The molecule has 2 aromatic rings. The fourth-order valence-corrected chi connectivity index (χ4v) is 4.14. The molecule has 8 heteroatoms. The van der Waals surface area contributed by atoms with Crippen LogP contribution in [-0.4, -0.2) is 64.8 Å². The van der Waals surface area contributed by atoms with Gasteiger partial charge in [0.15, 0.2) is 0 Å². The molecule has 0 spiro atoms. The van der Waals surface area contributed by atoms with Crippen molar-refractivity contribution in [2.45, 2.75) is 26.7 Å². The molecule has 3 heterocycles. The van der Waals surface area contributed by atoms with Crippen LogP contribution in [0.15, 0.2) is 24.5 Å². The van der Waals surface area contributed by atoms with E-state index in [9.17, 15) is 4.79 Å². The molecule has 1 aliphatic heterocycles. The first-order valence-corrected chi connectivity index (χ1v) is 10.2. The monoisotopic (exact) mass is 376 g/mol. The van der Waals surface area contributed by atoms with Crippen LogP contribution < -0.4 is 10.2 Å². The van der Waals surface area contributed by atoms with Gasteiger partial charge in [-0.1, -0.05) is 25.2 Å². The van der Waals surface area contributed by atoms with Crippen LogP contribution in [0.2, 0.25) is 0 Å². The van der Waals surface area contributed by atoms with Gasteiger partial charge < -0.3 is 15.1 Å². The van der Waals surface area contributed by atoms with E-state index in [1.54, 1.807) is 11.3 Å². The Balaban J connectivity index is 1.53. The molecule has 0 aliphatic carbocycles. The Morgan fingerprint density at radius 2 is 2.00 bits per heavy atom. The third-order valence-electron chi connectivity index (χ3n) is 4.91. The van der Waals surface area contributed by atoms with Crippen molar-refractivity contribution >= 4 is 22.4 Å². The standard InChI is InChI=1S/C18H28N6OS/c1-3-22(4-2)13-9-19-16(25)15-8-7-12-24(14-15)18-21-20-17(26-18)23-10-5-6-11-23/h5-6,10-11,15H,3-4,7-9,12-14H2,1-2H3,(H,19,25)/t15-/m0/s1. The van der Waals surface area contributed by atoms with Crippen molar-refractivity contribution < 1.29 is 4.79 Å². The van der Waals surface area contributed by atoms with Gasteiger partial charge in [-0.15, -0.1) is 10.2 Å². The van der Waals surface area contributed by atoms with E-state index in [4.69, 9.17) is 0 Å². The predicted octanol–water partition coefficient (Wildman–Crippen LogP) is 2.00. The number of anilines is 1. The second-order valence-corrected chi connectivity index (χ2v) is 7.50. The van der Waals surface area contributed by atoms with Gasteiger partial charge >= 0.3 is 0 Å². The number of nitrogens with zero attached hydrogens (tertiary/aromatic N) is 5. The van der Waals surface area contributed by atoms with Gasteiger partial charge in [0.05, 0.1) is 5.92 Å². The Kier molecular flexibility index (Phi) is 6.62. The number of carbonyl (C=O) groups excluding carboxylic acids is 1. The molecule has 142 valence electrons. The summed E-state index contributed by atoms with van der Waals surface area (Å²) in [4.78, 5) is 17.0. The van der Waals surface area contributed by atoms with E-state index < -0.39 is 0 Å². The first-order chi connectivity index (χ1) is 12.7. The SMILES string of the molecule is CCN(CC)CCNC(=O)[C@H]1CCCN(c2nnc(-n3cccc3)s2)C1. The third kappa shape index (κ3) is 4.62. The highest BCUT2D eigenvalue weighted by molar-refractivity contribution is 7.17. The largest absolute Gasteiger partial charge is 0.355 e. The molecule has 1 N–H and O–H groups in total. The fourth-order valence-electron chi connectivity index (χ4n) is 3.29. The molecule has 26 heavy (non-hydrogen) atoms. The predicted molar refractivity (Wildman–Crippen MR) is 105 cm³/mol. The lowest BCUT2D eigenvalue weighted by Crippen LogP contribution is -2.44. The quantitative estimate of drug-likeness (QED) is 0.763. The van der Waals surface area contributed by atoms with Crippen LogP contribution in [-0.2, 0) is 4.79 Å². The summed E-state index contributed by atoms with van der Waals surface area (Å²) in [5, 5.41) is 13.5. The zero-order valence-corrected chi connectivity index (χ0v) is 16.4. The average Bonchev–Trinajstić information content (AvgIpc) is 3.36. The van der Waals surface area contributed by atoms with Gasteiger partial charge in [-0.2, -0.15) is 0 Å². The Hall–Kier alpha value is -1.93. The van der Waals surface area contributed by atoms with Crippen LogP contribution in [0.25, 0.3) is 5.13 Å². The molecular formula is C18H28N6OS. The summed E-state index contributed by atoms with van der Waals surface area (Å²) in [5.41, 5.74) is 0. The minimum absolute atomic E-state index is 0.0272. The van der Waals surface area contributed by atoms with Crippen LogP contribution in [0.1, 0.15) is 26.7 Å². The van der Waals surface area contributed by atoms with E-state index >= 15 is 0 Å². The molecule has 2 aromatic heterocycles. The number of hydrogen-bond donors (Lipinski definition) is 1. The van der Waals surface area contributed by atoms with E-state index in [-0.39, 0.29) is 11.8 Å². The maximum atomic E-state index is 12.5. The molecule has 0 bridgehead atoms. The molecule has 1 fully saturated rings. The summed E-state index contributed by atoms with van der Waals surface area (Å²) in [6, 6.07) is 3.95. The van der Waals surface area contributed by atoms with Gasteiger partial charge in [0.25, 0.3) is 0 Å². The summed E-state index contributed by atoms with van der Waals surface area (Å²) in [7, 11) is 0. The molecule has 0 saturated carbocycles. The van der Waals surface area contributed by atoms with Crippen molar-refractivity contribution in [2.24, 2.45) is 5.92 Å². The van der Waals surface area contributed by atoms with Crippen molar-refractivity contribution in [1.82, 2.24) is 25.0 Å². The normalized spacial score (nSPS) is 17.7. The molecule has 1 amide bonds. The lowest BCUT2D eigenvalue weighted by Gasteiger charge is -2.31. The van der Waals surface area contributed by atoms with Crippen LogP contribution in [0.5, 0.6) is 0 Å². The Labute approximate surface area is 159 Å². The van der Waals surface area contributed by atoms with Gasteiger partial charge in [-0.05, 0) is 38.1 Å². The van der Waals surface area contributed by atoms with E-state index in [0.29, 0.717) is 6.54 Å².